The molecule has 1 saturated heterocycles. The first-order chi connectivity index (χ1) is 11.8. The number of hydrogen-bond acceptors (Lipinski definition) is 7. The van der Waals surface area contributed by atoms with Crippen LogP contribution in [-0.2, 0) is 18.3 Å². The zero-order valence-corrected chi connectivity index (χ0v) is 13.5. The largest absolute Gasteiger partial charge is 0.378 e. The minimum atomic E-state index is 0.596. The van der Waals surface area contributed by atoms with Crippen molar-refractivity contribution in [2.75, 3.05) is 36.5 Å². The van der Waals surface area contributed by atoms with Crippen LogP contribution >= 0.6 is 0 Å². The van der Waals surface area contributed by atoms with E-state index in [9.17, 15) is 0 Å². The summed E-state index contributed by atoms with van der Waals surface area (Å²) in [5.74, 6) is 1.76. The second kappa shape index (κ2) is 6.40. The van der Waals surface area contributed by atoms with E-state index in [1.165, 1.54) is 0 Å². The van der Waals surface area contributed by atoms with Gasteiger partial charge in [0.25, 0.3) is 0 Å². The van der Waals surface area contributed by atoms with Crippen LogP contribution in [0.1, 0.15) is 5.69 Å². The van der Waals surface area contributed by atoms with E-state index in [1.54, 1.807) is 17.2 Å². The van der Waals surface area contributed by atoms with Crippen molar-refractivity contribution in [3.05, 3.63) is 36.4 Å². The Hall–Kier alpha value is -2.74. The van der Waals surface area contributed by atoms with Crippen molar-refractivity contribution < 1.29 is 4.74 Å². The molecule has 8 heteroatoms. The summed E-state index contributed by atoms with van der Waals surface area (Å²) in [5, 5.41) is 8.47. The lowest BCUT2D eigenvalue weighted by Gasteiger charge is -2.28. The van der Waals surface area contributed by atoms with Gasteiger partial charge in [0.1, 0.15) is 18.0 Å². The number of anilines is 2. The number of aromatic nitrogens is 5. The fourth-order valence-electron chi connectivity index (χ4n) is 2.81. The first-order valence-electron chi connectivity index (χ1n) is 7.96. The minimum Gasteiger partial charge on any atom is -0.378 e. The van der Waals surface area contributed by atoms with Crippen molar-refractivity contribution in [1.82, 2.24) is 24.7 Å². The summed E-state index contributed by atoms with van der Waals surface area (Å²) in [4.78, 5) is 15.6. The monoisotopic (exact) mass is 325 g/mol. The molecule has 1 N–H and O–H groups in total. The van der Waals surface area contributed by atoms with Gasteiger partial charge in [0.2, 0.25) is 0 Å². The molecule has 3 aromatic rings. The number of morpholine rings is 1. The van der Waals surface area contributed by atoms with Crippen LogP contribution in [0.25, 0.3) is 11.0 Å². The molecule has 0 spiro atoms. The van der Waals surface area contributed by atoms with E-state index in [-0.39, 0.29) is 0 Å². The topological polar surface area (TPSA) is 81.0 Å². The maximum Gasteiger partial charge on any atom is 0.163 e. The SMILES string of the molecule is Cn1ncc2c(NCc3cccc(N4CCOCC4)n3)ncnc21. The molecule has 4 heterocycles. The highest BCUT2D eigenvalue weighted by Crippen LogP contribution is 2.19. The Balaban J connectivity index is 1.51. The molecule has 0 bridgehead atoms. The van der Waals surface area contributed by atoms with Crippen molar-refractivity contribution in [3.63, 3.8) is 0 Å². The Morgan fingerprint density at radius 2 is 2.08 bits per heavy atom. The summed E-state index contributed by atoms with van der Waals surface area (Å²) >= 11 is 0. The lowest BCUT2D eigenvalue weighted by molar-refractivity contribution is 0.122. The molecule has 8 nitrogen and oxygen atoms in total. The second-order valence-electron chi connectivity index (χ2n) is 5.67. The van der Waals surface area contributed by atoms with Crippen molar-refractivity contribution >= 4 is 22.7 Å². The van der Waals surface area contributed by atoms with Crippen LogP contribution in [0.5, 0.6) is 0 Å². The Bertz CT molecular complexity index is 841. The number of nitrogens with one attached hydrogen (secondary N) is 1. The highest BCUT2D eigenvalue weighted by Gasteiger charge is 2.13. The fourth-order valence-corrected chi connectivity index (χ4v) is 2.81. The average Bonchev–Trinajstić information content (AvgIpc) is 3.03. The molecule has 0 radical (unpaired) electrons. The molecule has 1 aliphatic heterocycles. The van der Waals surface area contributed by atoms with Crippen LogP contribution in [0.15, 0.2) is 30.7 Å². The zero-order chi connectivity index (χ0) is 16.4. The van der Waals surface area contributed by atoms with Gasteiger partial charge in [0, 0.05) is 20.1 Å². The number of ether oxygens (including phenoxy) is 1. The van der Waals surface area contributed by atoms with Gasteiger partial charge >= 0.3 is 0 Å². The molecule has 3 aromatic heterocycles. The molecule has 1 aliphatic rings. The van der Waals surface area contributed by atoms with Crippen LogP contribution in [0, 0.1) is 0 Å². The van der Waals surface area contributed by atoms with Crippen LogP contribution in [0.4, 0.5) is 11.6 Å². The van der Waals surface area contributed by atoms with Gasteiger partial charge in [-0.1, -0.05) is 6.07 Å². The summed E-state index contributed by atoms with van der Waals surface area (Å²) < 4.78 is 7.13. The number of hydrogen-bond donors (Lipinski definition) is 1. The van der Waals surface area contributed by atoms with E-state index < -0.39 is 0 Å². The van der Waals surface area contributed by atoms with Gasteiger partial charge in [-0.25, -0.2) is 15.0 Å². The van der Waals surface area contributed by atoms with Gasteiger partial charge < -0.3 is 15.0 Å². The van der Waals surface area contributed by atoms with E-state index in [1.807, 2.05) is 25.2 Å². The summed E-state index contributed by atoms with van der Waals surface area (Å²) in [6, 6.07) is 6.09. The van der Waals surface area contributed by atoms with Gasteiger partial charge in [0.15, 0.2) is 5.65 Å². The molecule has 0 atom stereocenters. The number of fused-ring (bicyclic) bond motifs is 1. The van der Waals surface area contributed by atoms with Gasteiger partial charge in [-0.2, -0.15) is 5.10 Å². The smallest absolute Gasteiger partial charge is 0.163 e. The maximum absolute atomic E-state index is 5.40. The Kier molecular flexibility index (Phi) is 3.96. The third-order valence-electron chi connectivity index (χ3n) is 4.09. The van der Waals surface area contributed by atoms with Crippen LogP contribution < -0.4 is 10.2 Å². The van der Waals surface area contributed by atoms with Crippen LogP contribution in [0.3, 0.4) is 0 Å². The Labute approximate surface area is 139 Å². The van der Waals surface area contributed by atoms with Crippen molar-refractivity contribution in [2.45, 2.75) is 6.54 Å². The number of rotatable bonds is 4. The molecule has 0 saturated carbocycles. The fraction of sp³-hybridized carbons (Fsp3) is 0.375. The minimum absolute atomic E-state index is 0.596. The first-order valence-corrected chi connectivity index (χ1v) is 7.96. The lowest BCUT2D eigenvalue weighted by atomic mass is 10.3. The molecule has 1 fully saturated rings. The van der Waals surface area contributed by atoms with E-state index in [2.05, 4.69) is 25.3 Å². The first kappa shape index (κ1) is 14.8. The lowest BCUT2D eigenvalue weighted by Crippen LogP contribution is -2.36. The average molecular weight is 325 g/mol. The van der Waals surface area contributed by atoms with E-state index in [0.29, 0.717) is 6.54 Å². The molecule has 0 unspecified atom stereocenters. The Morgan fingerprint density at radius 1 is 1.21 bits per heavy atom. The standard InChI is InChI=1S/C16H19N7O/c1-22-16-13(10-20-22)15(18-11-19-16)17-9-12-3-2-4-14(21-12)23-5-7-24-8-6-23/h2-4,10-11H,5-9H2,1H3,(H,17,18,19). The summed E-state index contributed by atoms with van der Waals surface area (Å²) in [7, 11) is 1.87. The van der Waals surface area contributed by atoms with Crippen LogP contribution in [-0.4, -0.2) is 51.0 Å². The van der Waals surface area contributed by atoms with Gasteiger partial charge in [0.05, 0.1) is 37.0 Å². The van der Waals surface area contributed by atoms with Crippen molar-refractivity contribution in [3.8, 4) is 0 Å². The summed E-state index contributed by atoms with van der Waals surface area (Å²) in [5.41, 5.74) is 1.78. The number of aryl methyl sites for hydroxylation is 1. The summed E-state index contributed by atoms with van der Waals surface area (Å²) in [6.07, 6.45) is 3.32. The molecular formula is C16H19N7O. The van der Waals surface area contributed by atoms with Gasteiger partial charge in [-0.3, -0.25) is 4.68 Å². The molecular weight excluding hydrogens is 306 g/mol. The molecule has 124 valence electrons. The number of pyridine rings is 1. The summed E-state index contributed by atoms with van der Waals surface area (Å²) in [6.45, 7) is 3.87. The normalized spacial score (nSPS) is 15.0. The molecule has 0 amide bonds. The second-order valence-corrected chi connectivity index (χ2v) is 5.67. The van der Waals surface area contributed by atoms with E-state index >= 15 is 0 Å². The quantitative estimate of drug-likeness (QED) is 0.772. The third kappa shape index (κ3) is 2.88. The maximum atomic E-state index is 5.40. The predicted molar refractivity (Wildman–Crippen MR) is 90.9 cm³/mol. The third-order valence-corrected chi connectivity index (χ3v) is 4.09. The highest BCUT2D eigenvalue weighted by atomic mass is 16.5. The molecule has 24 heavy (non-hydrogen) atoms. The van der Waals surface area contributed by atoms with Crippen molar-refractivity contribution in [1.29, 1.82) is 0 Å². The Morgan fingerprint density at radius 3 is 2.96 bits per heavy atom. The van der Waals surface area contributed by atoms with Gasteiger partial charge in [-0.15, -0.1) is 0 Å². The highest BCUT2D eigenvalue weighted by molar-refractivity contribution is 5.85. The number of nitrogens with zero attached hydrogens (tertiary/aromatic N) is 6. The van der Waals surface area contributed by atoms with Crippen molar-refractivity contribution in [2.24, 2.45) is 7.05 Å². The van der Waals surface area contributed by atoms with Crippen LogP contribution in [0.2, 0.25) is 0 Å². The van der Waals surface area contributed by atoms with Gasteiger partial charge in [-0.05, 0) is 12.1 Å². The molecule has 0 aliphatic carbocycles. The predicted octanol–water partition coefficient (Wildman–Crippen LogP) is 1.21. The zero-order valence-electron chi connectivity index (χ0n) is 13.5. The molecule has 4 rings (SSSR count). The van der Waals surface area contributed by atoms with E-state index in [0.717, 1.165) is 54.7 Å². The molecule has 0 aromatic carbocycles. The van der Waals surface area contributed by atoms with E-state index in [4.69, 9.17) is 9.72 Å².